The van der Waals surface area contributed by atoms with Gasteiger partial charge in [0.15, 0.2) is 0 Å². The first kappa shape index (κ1) is 25.8. The van der Waals surface area contributed by atoms with Gasteiger partial charge in [0.1, 0.15) is 24.7 Å². The van der Waals surface area contributed by atoms with Crippen LogP contribution in [0, 0.1) is 5.92 Å². The highest BCUT2D eigenvalue weighted by Gasteiger charge is 2.30. The van der Waals surface area contributed by atoms with Crippen molar-refractivity contribution in [2.75, 3.05) is 13.1 Å². The van der Waals surface area contributed by atoms with Gasteiger partial charge in [-0.1, -0.05) is 13.8 Å². The van der Waals surface area contributed by atoms with Gasteiger partial charge in [-0.15, -0.1) is 0 Å². The number of nitrogens with two attached hydrogens (primary N) is 2. The number of nitrogens with one attached hydrogen (secondary N) is 3. The molecule has 0 rings (SSSR count). The van der Waals surface area contributed by atoms with Crippen LogP contribution in [0.1, 0.15) is 40.0 Å². The van der Waals surface area contributed by atoms with Gasteiger partial charge in [0.25, 0.3) is 0 Å². The lowest BCUT2D eigenvalue weighted by Gasteiger charge is -2.26. The summed E-state index contributed by atoms with van der Waals surface area (Å²) in [6.07, 6.45) is 0.349. The molecule has 0 spiro atoms. The number of carboxylic acids is 1. The molecule has 0 radical (unpaired) electrons. The van der Waals surface area contributed by atoms with Crippen LogP contribution in [-0.2, 0) is 19.2 Å². The first-order chi connectivity index (χ1) is 13.0. The van der Waals surface area contributed by atoms with Gasteiger partial charge >= 0.3 is 5.97 Å². The highest BCUT2D eigenvalue weighted by molar-refractivity contribution is 5.93. The Morgan fingerprint density at radius 2 is 1.57 bits per heavy atom. The van der Waals surface area contributed by atoms with Crippen LogP contribution in [0.4, 0.5) is 0 Å². The molecule has 162 valence electrons. The van der Waals surface area contributed by atoms with E-state index >= 15 is 0 Å². The van der Waals surface area contributed by atoms with E-state index in [0.29, 0.717) is 19.4 Å². The molecule has 4 atom stereocenters. The number of aliphatic hydroxyl groups excluding tert-OH is 1. The molecule has 0 heterocycles. The summed E-state index contributed by atoms with van der Waals surface area (Å²) in [6, 6.07) is -3.16. The monoisotopic (exact) mass is 403 g/mol. The number of aliphatic hydroxyl groups is 1. The molecule has 0 aromatic heterocycles. The van der Waals surface area contributed by atoms with Crippen molar-refractivity contribution in [3.63, 3.8) is 0 Å². The van der Waals surface area contributed by atoms with Gasteiger partial charge in [-0.2, -0.15) is 0 Å². The van der Waals surface area contributed by atoms with E-state index in [1.54, 1.807) is 13.8 Å². The second-order valence-electron chi connectivity index (χ2n) is 6.95. The maximum absolute atomic E-state index is 12.6. The molecule has 0 saturated carbocycles. The quantitative estimate of drug-likeness (QED) is 0.166. The van der Waals surface area contributed by atoms with Crippen molar-refractivity contribution >= 4 is 23.7 Å². The largest absolute Gasteiger partial charge is 0.480 e. The molecule has 11 heteroatoms. The topological polar surface area (TPSA) is 197 Å². The average Bonchev–Trinajstić information content (AvgIpc) is 2.61. The number of carbonyl (C=O) groups excluding carboxylic acids is 3. The molecule has 0 aromatic carbocycles. The summed E-state index contributed by atoms with van der Waals surface area (Å²) in [5.74, 6) is -3.47. The Morgan fingerprint density at radius 1 is 0.964 bits per heavy atom. The zero-order valence-electron chi connectivity index (χ0n) is 16.6. The third-order valence-electron chi connectivity index (χ3n) is 4.06. The highest BCUT2D eigenvalue weighted by Crippen LogP contribution is 2.06. The summed E-state index contributed by atoms with van der Waals surface area (Å²) in [7, 11) is 0. The summed E-state index contributed by atoms with van der Waals surface area (Å²) >= 11 is 0. The minimum absolute atomic E-state index is 0.264. The van der Waals surface area contributed by atoms with Crippen LogP contribution in [0.25, 0.3) is 0 Å². The van der Waals surface area contributed by atoms with E-state index < -0.39 is 54.5 Å². The molecule has 11 nitrogen and oxygen atoms in total. The molecule has 0 aliphatic heterocycles. The first-order valence-electron chi connectivity index (χ1n) is 9.25. The summed E-state index contributed by atoms with van der Waals surface area (Å²) in [6.45, 7) is 4.60. The molecule has 0 aromatic rings. The van der Waals surface area contributed by atoms with Crippen LogP contribution in [0.3, 0.4) is 0 Å². The number of carboxylic acid groups (broad SMARTS) is 1. The van der Waals surface area contributed by atoms with Crippen LogP contribution >= 0.6 is 0 Å². The van der Waals surface area contributed by atoms with Gasteiger partial charge in [0.05, 0.1) is 6.10 Å². The number of carbonyl (C=O) groups is 4. The van der Waals surface area contributed by atoms with Crippen molar-refractivity contribution in [1.29, 1.82) is 0 Å². The molecular weight excluding hydrogens is 370 g/mol. The molecule has 4 unspecified atom stereocenters. The zero-order valence-corrected chi connectivity index (χ0v) is 16.6. The third-order valence-corrected chi connectivity index (χ3v) is 4.06. The molecule has 9 N–H and O–H groups in total. The van der Waals surface area contributed by atoms with Gasteiger partial charge in [-0.25, -0.2) is 0 Å². The fourth-order valence-corrected chi connectivity index (χ4v) is 2.31. The maximum atomic E-state index is 12.6. The standard InChI is InChI=1S/C17H33N5O6/c1-9(2)14(22-16(27)13(19)10(3)23)17(28)21-11(6-4-5-7-18)15(26)20-8-12(24)25/h9-11,13-14,23H,4-8,18-19H2,1-3H3,(H,20,26)(H,21,28)(H,22,27)(H,24,25). The molecule has 0 aliphatic rings. The van der Waals surface area contributed by atoms with Crippen molar-refractivity contribution in [2.24, 2.45) is 17.4 Å². The third kappa shape index (κ3) is 9.62. The molecule has 0 saturated heterocycles. The van der Waals surface area contributed by atoms with Gasteiger partial charge in [-0.3, -0.25) is 19.2 Å². The van der Waals surface area contributed by atoms with Crippen molar-refractivity contribution in [1.82, 2.24) is 16.0 Å². The second kappa shape index (κ2) is 13.0. The van der Waals surface area contributed by atoms with Crippen LogP contribution < -0.4 is 27.4 Å². The van der Waals surface area contributed by atoms with E-state index in [1.807, 2.05) is 0 Å². The van der Waals surface area contributed by atoms with E-state index in [-0.39, 0.29) is 12.3 Å². The highest BCUT2D eigenvalue weighted by atomic mass is 16.4. The van der Waals surface area contributed by atoms with Crippen molar-refractivity contribution in [2.45, 2.75) is 64.3 Å². The average molecular weight is 403 g/mol. The van der Waals surface area contributed by atoms with E-state index in [0.717, 1.165) is 0 Å². The second-order valence-corrected chi connectivity index (χ2v) is 6.95. The van der Waals surface area contributed by atoms with Crippen molar-refractivity contribution in [3.05, 3.63) is 0 Å². The van der Waals surface area contributed by atoms with E-state index in [4.69, 9.17) is 16.6 Å². The number of hydrogen-bond acceptors (Lipinski definition) is 7. The smallest absolute Gasteiger partial charge is 0.322 e. The SMILES string of the molecule is CC(C)C(NC(=O)C(N)C(C)O)C(=O)NC(CCCCN)C(=O)NCC(=O)O. The molecule has 0 bridgehead atoms. The van der Waals surface area contributed by atoms with Gasteiger partial charge in [0, 0.05) is 0 Å². The summed E-state index contributed by atoms with van der Waals surface area (Å²) < 4.78 is 0. The van der Waals surface area contributed by atoms with Crippen LogP contribution in [-0.4, -0.2) is 71.2 Å². The maximum Gasteiger partial charge on any atom is 0.322 e. The van der Waals surface area contributed by atoms with E-state index in [9.17, 15) is 24.3 Å². The van der Waals surface area contributed by atoms with Crippen LogP contribution in [0.2, 0.25) is 0 Å². The number of unbranched alkanes of at least 4 members (excludes halogenated alkanes) is 1. The Labute approximate surface area is 164 Å². The summed E-state index contributed by atoms with van der Waals surface area (Å²) in [5, 5.41) is 25.4. The van der Waals surface area contributed by atoms with Crippen molar-refractivity contribution in [3.8, 4) is 0 Å². The number of rotatable bonds is 13. The fourth-order valence-electron chi connectivity index (χ4n) is 2.31. The summed E-state index contributed by atoms with van der Waals surface area (Å²) in [5.41, 5.74) is 11.0. The predicted octanol–water partition coefficient (Wildman–Crippen LogP) is -2.35. The number of aliphatic carboxylic acids is 1. The Kier molecular flexibility index (Phi) is 12.0. The van der Waals surface area contributed by atoms with Crippen LogP contribution in [0.5, 0.6) is 0 Å². The molecule has 0 aliphatic carbocycles. The van der Waals surface area contributed by atoms with Gasteiger partial charge in [0.2, 0.25) is 17.7 Å². The normalized spacial score (nSPS) is 15.2. The minimum atomic E-state index is -1.21. The van der Waals surface area contributed by atoms with Crippen molar-refractivity contribution < 1.29 is 29.4 Å². The zero-order chi connectivity index (χ0) is 21.9. The number of hydrogen-bond donors (Lipinski definition) is 7. The minimum Gasteiger partial charge on any atom is -0.480 e. The van der Waals surface area contributed by atoms with E-state index in [1.165, 1.54) is 6.92 Å². The lowest BCUT2D eigenvalue weighted by atomic mass is 10.0. The Balaban J connectivity index is 5.15. The summed E-state index contributed by atoms with van der Waals surface area (Å²) in [4.78, 5) is 47.6. The molecular formula is C17H33N5O6. The van der Waals surface area contributed by atoms with Crippen LogP contribution in [0.15, 0.2) is 0 Å². The van der Waals surface area contributed by atoms with E-state index in [2.05, 4.69) is 16.0 Å². The molecule has 0 fully saturated rings. The lowest BCUT2D eigenvalue weighted by Crippen LogP contribution is -2.58. The fraction of sp³-hybridized carbons (Fsp3) is 0.765. The van der Waals surface area contributed by atoms with Gasteiger partial charge in [-0.05, 0) is 38.6 Å². The molecule has 28 heavy (non-hydrogen) atoms. The lowest BCUT2D eigenvalue weighted by molar-refractivity contribution is -0.138. The molecule has 3 amide bonds. The Bertz CT molecular complexity index is 540. The Morgan fingerprint density at radius 3 is 2.04 bits per heavy atom. The van der Waals surface area contributed by atoms with Gasteiger partial charge < -0.3 is 37.6 Å². The predicted molar refractivity (Wildman–Crippen MR) is 102 cm³/mol. The number of amides is 3. The Hall–Kier alpha value is -2.24. The first-order valence-corrected chi connectivity index (χ1v) is 9.25.